The summed E-state index contributed by atoms with van der Waals surface area (Å²) in [5.74, 6) is 0.925. The monoisotopic (exact) mass is 177 g/mol. The molecular weight excluding hydrogens is 162 g/mol. The summed E-state index contributed by atoms with van der Waals surface area (Å²) in [6.45, 7) is 5.70. The van der Waals surface area contributed by atoms with Crippen molar-refractivity contribution in [2.75, 3.05) is 7.11 Å². The number of nitrogens with zero attached hydrogens (tertiary/aromatic N) is 1. The summed E-state index contributed by atoms with van der Waals surface area (Å²) >= 11 is 0. The van der Waals surface area contributed by atoms with E-state index in [9.17, 15) is 0 Å². The van der Waals surface area contributed by atoms with Crippen LogP contribution in [0.5, 0.6) is 5.75 Å². The van der Waals surface area contributed by atoms with E-state index in [4.69, 9.17) is 4.74 Å². The van der Waals surface area contributed by atoms with Crippen LogP contribution < -0.4 is 4.74 Å². The minimum Gasteiger partial charge on any atom is -0.496 e. The molecule has 1 rings (SSSR count). The predicted molar refractivity (Wildman–Crippen MR) is 54.0 cm³/mol. The summed E-state index contributed by atoms with van der Waals surface area (Å²) in [6, 6.07) is 1.89. The Kier molecular flexibility index (Phi) is 3.50. The Morgan fingerprint density at radius 2 is 2.38 bits per heavy atom. The molecule has 0 fully saturated rings. The molecule has 70 valence electrons. The highest BCUT2D eigenvalue weighted by Gasteiger charge is 2.05. The molecule has 1 heterocycles. The first-order valence-corrected chi connectivity index (χ1v) is 4.39. The summed E-state index contributed by atoms with van der Waals surface area (Å²) in [6.07, 6.45) is 5.59. The molecule has 1 aromatic rings. The molecule has 0 aliphatic rings. The maximum atomic E-state index is 5.25. The van der Waals surface area contributed by atoms with Crippen molar-refractivity contribution in [1.29, 1.82) is 0 Å². The Morgan fingerprint density at radius 3 is 3.00 bits per heavy atom. The normalized spacial score (nSPS) is 9.69. The van der Waals surface area contributed by atoms with Gasteiger partial charge in [0.15, 0.2) is 0 Å². The van der Waals surface area contributed by atoms with Gasteiger partial charge in [0.25, 0.3) is 0 Å². The van der Waals surface area contributed by atoms with Crippen molar-refractivity contribution >= 4 is 0 Å². The van der Waals surface area contributed by atoms with Crippen LogP contribution in [0.4, 0.5) is 0 Å². The molecule has 2 heteroatoms. The topological polar surface area (TPSA) is 22.1 Å². The first-order chi connectivity index (χ1) is 6.29. The SMILES string of the molecule is C=CCCc1c(OC)ccnc1C. The molecule has 0 unspecified atom stereocenters. The smallest absolute Gasteiger partial charge is 0.125 e. The number of ether oxygens (including phenoxy) is 1. The summed E-state index contributed by atoms with van der Waals surface area (Å²) in [7, 11) is 1.69. The van der Waals surface area contributed by atoms with Crippen LogP contribution in [0.1, 0.15) is 17.7 Å². The van der Waals surface area contributed by atoms with Crippen LogP contribution in [-0.4, -0.2) is 12.1 Å². The first kappa shape index (κ1) is 9.78. The molecule has 0 atom stereocenters. The molecule has 0 radical (unpaired) electrons. The summed E-state index contributed by atoms with van der Waals surface area (Å²) in [5, 5.41) is 0. The lowest BCUT2D eigenvalue weighted by atomic mass is 10.1. The standard InChI is InChI=1S/C11H15NO/c1-4-5-6-10-9(2)12-8-7-11(10)13-3/h4,7-8H,1,5-6H2,2-3H3. The zero-order chi connectivity index (χ0) is 9.68. The number of methoxy groups -OCH3 is 1. The Bertz CT molecular complexity index is 294. The maximum Gasteiger partial charge on any atom is 0.125 e. The van der Waals surface area contributed by atoms with Crippen LogP contribution in [0.25, 0.3) is 0 Å². The molecule has 0 spiro atoms. The van der Waals surface area contributed by atoms with Crippen LogP contribution in [0.2, 0.25) is 0 Å². The third-order valence-electron chi connectivity index (χ3n) is 2.05. The fraction of sp³-hybridized carbons (Fsp3) is 0.364. The predicted octanol–water partition coefficient (Wildman–Crippen LogP) is 2.52. The Balaban J connectivity index is 2.93. The molecular formula is C11H15NO. The Labute approximate surface area is 79.3 Å². The summed E-state index contributed by atoms with van der Waals surface area (Å²) in [5.41, 5.74) is 2.23. The molecule has 0 amide bonds. The van der Waals surface area contributed by atoms with Gasteiger partial charge >= 0.3 is 0 Å². The molecule has 0 aliphatic heterocycles. The van der Waals surface area contributed by atoms with Gasteiger partial charge in [-0.1, -0.05) is 6.08 Å². The zero-order valence-corrected chi connectivity index (χ0v) is 8.21. The lowest BCUT2D eigenvalue weighted by Gasteiger charge is -2.08. The third-order valence-corrected chi connectivity index (χ3v) is 2.05. The van der Waals surface area contributed by atoms with Crippen LogP contribution in [0.3, 0.4) is 0 Å². The fourth-order valence-corrected chi connectivity index (χ4v) is 1.32. The van der Waals surface area contributed by atoms with E-state index in [1.54, 1.807) is 13.3 Å². The molecule has 2 nitrogen and oxygen atoms in total. The van der Waals surface area contributed by atoms with E-state index in [0.29, 0.717) is 0 Å². The van der Waals surface area contributed by atoms with Crippen molar-refractivity contribution in [3.8, 4) is 5.75 Å². The van der Waals surface area contributed by atoms with Gasteiger partial charge in [-0.3, -0.25) is 4.98 Å². The van der Waals surface area contributed by atoms with E-state index in [1.807, 2.05) is 19.1 Å². The highest BCUT2D eigenvalue weighted by atomic mass is 16.5. The largest absolute Gasteiger partial charge is 0.496 e. The van der Waals surface area contributed by atoms with E-state index in [2.05, 4.69) is 11.6 Å². The first-order valence-electron chi connectivity index (χ1n) is 4.39. The molecule has 13 heavy (non-hydrogen) atoms. The fourth-order valence-electron chi connectivity index (χ4n) is 1.32. The van der Waals surface area contributed by atoms with Gasteiger partial charge in [0, 0.05) is 17.5 Å². The van der Waals surface area contributed by atoms with Gasteiger partial charge < -0.3 is 4.74 Å². The Hall–Kier alpha value is -1.31. The van der Waals surface area contributed by atoms with E-state index in [1.165, 1.54) is 5.56 Å². The van der Waals surface area contributed by atoms with E-state index >= 15 is 0 Å². The second kappa shape index (κ2) is 4.65. The number of aromatic nitrogens is 1. The van der Waals surface area contributed by atoms with Gasteiger partial charge in [0.05, 0.1) is 7.11 Å². The number of pyridine rings is 1. The maximum absolute atomic E-state index is 5.25. The lowest BCUT2D eigenvalue weighted by Crippen LogP contribution is -1.97. The number of aryl methyl sites for hydroxylation is 1. The van der Waals surface area contributed by atoms with Crippen LogP contribution in [0.15, 0.2) is 24.9 Å². The highest BCUT2D eigenvalue weighted by molar-refractivity contribution is 5.35. The molecule has 0 saturated heterocycles. The average molecular weight is 177 g/mol. The lowest BCUT2D eigenvalue weighted by molar-refractivity contribution is 0.408. The zero-order valence-electron chi connectivity index (χ0n) is 8.21. The number of hydrogen-bond donors (Lipinski definition) is 0. The molecule has 0 aliphatic carbocycles. The second-order valence-corrected chi connectivity index (χ2v) is 2.90. The van der Waals surface area contributed by atoms with E-state index in [0.717, 1.165) is 24.3 Å². The van der Waals surface area contributed by atoms with Crippen molar-refractivity contribution in [3.63, 3.8) is 0 Å². The quantitative estimate of drug-likeness (QED) is 0.659. The molecule has 0 N–H and O–H groups in total. The molecule has 0 aromatic carbocycles. The molecule has 0 saturated carbocycles. The van der Waals surface area contributed by atoms with Crippen molar-refractivity contribution in [2.45, 2.75) is 19.8 Å². The van der Waals surface area contributed by atoms with Crippen molar-refractivity contribution < 1.29 is 4.74 Å². The Morgan fingerprint density at radius 1 is 1.62 bits per heavy atom. The number of allylic oxidation sites excluding steroid dienone is 1. The summed E-state index contributed by atoms with van der Waals surface area (Å²) < 4.78 is 5.25. The van der Waals surface area contributed by atoms with Gasteiger partial charge in [0.2, 0.25) is 0 Å². The molecule has 1 aromatic heterocycles. The van der Waals surface area contributed by atoms with Crippen LogP contribution in [0, 0.1) is 6.92 Å². The van der Waals surface area contributed by atoms with Gasteiger partial charge in [-0.25, -0.2) is 0 Å². The summed E-state index contributed by atoms with van der Waals surface area (Å²) in [4.78, 5) is 4.23. The van der Waals surface area contributed by atoms with Crippen LogP contribution >= 0.6 is 0 Å². The van der Waals surface area contributed by atoms with E-state index < -0.39 is 0 Å². The highest BCUT2D eigenvalue weighted by Crippen LogP contribution is 2.21. The van der Waals surface area contributed by atoms with Gasteiger partial charge in [0.1, 0.15) is 5.75 Å². The van der Waals surface area contributed by atoms with Gasteiger partial charge in [-0.2, -0.15) is 0 Å². The van der Waals surface area contributed by atoms with Crippen LogP contribution in [-0.2, 0) is 6.42 Å². The number of hydrogen-bond acceptors (Lipinski definition) is 2. The third kappa shape index (κ3) is 2.31. The average Bonchev–Trinajstić information content (AvgIpc) is 2.15. The molecule has 0 bridgehead atoms. The van der Waals surface area contributed by atoms with Crippen molar-refractivity contribution in [3.05, 3.63) is 36.2 Å². The van der Waals surface area contributed by atoms with Crippen molar-refractivity contribution in [1.82, 2.24) is 4.98 Å². The minimum atomic E-state index is 0.925. The minimum absolute atomic E-state index is 0.925. The van der Waals surface area contributed by atoms with Gasteiger partial charge in [-0.15, -0.1) is 6.58 Å². The van der Waals surface area contributed by atoms with Gasteiger partial charge in [-0.05, 0) is 25.8 Å². The van der Waals surface area contributed by atoms with E-state index in [-0.39, 0.29) is 0 Å². The van der Waals surface area contributed by atoms with Crippen molar-refractivity contribution in [2.24, 2.45) is 0 Å². The number of rotatable bonds is 4. The second-order valence-electron chi connectivity index (χ2n) is 2.90.